The third-order valence-electron chi connectivity index (χ3n) is 7.92. The van der Waals surface area contributed by atoms with Crippen LogP contribution in [0.2, 0.25) is 0 Å². The minimum absolute atomic E-state index is 0.0251. The molecule has 0 bridgehead atoms. The standard InChI is InChI=1S/C30H24FN3O8/c1-15-19-4-3-5-20-22-12-33-26(28(22)32-25(27(19)20)11-24(15)31)10-21(23(29(33)36)13-40-14-35)16(2)41-30(37)42-18-8-6-17(7-9-18)34(38)39/h6-11,14,16H,3-5,12-13H2,1-2H3. The molecule has 0 saturated heterocycles. The Bertz CT molecular complexity index is 1870. The minimum atomic E-state index is -1.11. The van der Waals surface area contributed by atoms with Crippen LogP contribution in [0.25, 0.3) is 22.3 Å². The molecule has 1 aliphatic carbocycles. The minimum Gasteiger partial charge on any atom is -0.463 e. The lowest BCUT2D eigenvalue weighted by molar-refractivity contribution is -0.384. The summed E-state index contributed by atoms with van der Waals surface area (Å²) < 4.78 is 31.9. The van der Waals surface area contributed by atoms with Crippen molar-refractivity contribution in [3.05, 3.63) is 96.1 Å². The number of hydrogen-bond donors (Lipinski definition) is 0. The molecule has 0 radical (unpaired) electrons. The van der Waals surface area contributed by atoms with Crippen LogP contribution in [0.4, 0.5) is 14.9 Å². The largest absolute Gasteiger partial charge is 0.514 e. The highest BCUT2D eigenvalue weighted by atomic mass is 19.1. The fourth-order valence-electron chi connectivity index (χ4n) is 5.91. The number of aryl methyl sites for hydroxylation is 2. The van der Waals surface area contributed by atoms with Gasteiger partial charge in [-0.15, -0.1) is 0 Å². The van der Waals surface area contributed by atoms with Gasteiger partial charge in [0.05, 0.1) is 33.9 Å². The fourth-order valence-corrected chi connectivity index (χ4v) is 5.91. The van der Waals surface area contributed by atoms with Gasteiger partial charge in [-0.3, -0.25) is 19.7 Å². The topological polar surface area (TPSA) is 140 Å². The number of non-ortho nitro benzene ring substituents is 1. The lowest BCUT2D eigenvalue weighted by Crippen LogP contribution is -2.27. The van der Waals surface area contributed by atoms with Crippen molar-refractivity contribution in [1.82, 2.24) is 9.55 Å². The van der Waals surface area contributed by atoms with E-state index in [1.165, 1.54) is 37.3 Å². The number of carbonyl (C=O) groups is 2. The van der Waals surface area contributed by atoms with Crippen molar-refractivity contribution in [2.24, 2.45) is 0 Å². The predicted molar refractivity (Wildman–Crippen MR) is 147 cm³/mol. The molecule has 0 spiro atoms. The number of nitro groups is 1. The first kappa shape index (κ1) is 27.1. The van der Waals surface area contributed by atoms with Gasteiger partial charge in [-0.25, -0.2) is 14.2 Å². The van der Waals surface area contributed by atoms with E-state index in [1.807, 2.05) is 0 Å². The molecule has 1 unspecified atom stereocenters. The predicted octanol–water partition coefficient (Wildman–Crippen LogP) is 5.22. The van der Waals surface area contributed by atoms with Crippen LogP contribution in [0.5, 0.6) is 5.75 Å². The van der Waals surface area contributed by atoms with Gasteiger partial charge in [0.15, 0.2) is 0 Å². The maximum absolute atomic E-state index is 14.8. The number of halogens is 1. The Labute approximate surface area is 237 Å². The second-order valence-corrected chi connectivity index (χ2v) is 10.3. The lowest BCUT2D eigenvalue weighted by atomic mass is 9.85. The zero-order valence-electron chi connectivity index (χ0n) is 22.6. The fraction of sp³-hybridized carbons (Fsp3) is 0.267. The molecule has 12 heteroatoms. The van der Waals surface area contributed by atoms with Crippen LogP contribution in [-0.2, 0) is 40.3 Å². The molecule has 214 valence electrons. The number of benzene rings is 2. The van der Waals surface area contributed by atoms with Gasteiger partial charge in [0.25, 0.3) is 17.7 Å². The van der Waals surface area contributed by atoms with E-state index < -0.39 is 22.7 Å². The Morgan fingerprint density at radius 1 is 1.19 bits per heavy atom. The monoisotopic (exact) mass is 573 g/mol. The van der Waals surface area contributed by atoms with Gasteiger partial charge < -0.3 is 18.8 Å². The van der Waals surface area contributed by atoms with Crippen molar-refractivity contribution in [3.63, 3.8) is 0 Å². The summed E-state index contributed by atoms with van der Waals surface area (Å²) in [4.78, 5) is 52.5. The number of pyridine rings is 2. The summed E-state index contributed by atoms with van der Waals surface area (Å²) in [5.41, 5.74) is 4.84. The molecule has 2 aromatic heterocycles. The Morgan fingerprint density at radius 3 is 2.64 bits per heavy atom. The summed E-state index contributed by atoms with van der Waals surface area (Å²) in [6.45, 7) is 3.43. The molecule has 1 aliphatic heterocycles. The van der Waals surface area contributed by atoms with E-state index in [9.17, 15) is 28.9 Å². The Balaban J connectivity index is 1.39. The van der Waals surface area contributed by atoms with Crippen LogP contribution in [0.15, 0.2) is 41.2 Å². The molecule has 11 nitrogen and oxygen atoms in total. The summed E-state index contributed by atoms with van der Waals surface area (Å²) in [6.07, 6.45) is 0.243. The average Bonchev–Trinajstić information content (AvgIpc) is 3.34. The van der Waals surface area contributed by atoms with E-state index in [2.05, 4.69) is 0 Å². The van der Waals surface area contributed by atoms with Crippen molar-refractivity contribution in [2.75, 3.05) is 0 Å². The van der Waals surface area contributed by atoms with E-state index in [4.69, 9.17) is 19.2 Å². The first-order valence-electron chi connectivity index (χ1n) is 13.3. The summed E-state index contributed by atoms with van der Waals surface area (Å²) in [5.74, 6) is -0.305. The third-order valence-corrected chi connectivity index (χ3v) is 7.92. The molecular formula is C30H24FN3O8. The Hall–Kier alpha value is -5.13. The van der Waals surface area contributed by atoms with Crippen molar-refractivity contribution >= 4 is 29.2 Å². The second kappa shape index (κ2) is 10.4. The molecular weight excluding hydrogens is 549 g/mol. The van der Waals surface area contributed by atoms with Crippen LogP contribution in [-0.4, -0.2) is 27.1 Å². The molecule has 2 aliphatic rings. The number of ether oxygens (including phenoxy) is 3. The third kappa shape index (κ3) is 4.44. The van der Waals surface area contributed by atoms with Crippen LogP contribution in [0.3, 0.4) is 0 Å². The average molecular weight is 574 g/mol. The molecule has 0 amide bonds. The highest BCUT2D eigenvalue weighted by molar-refractivity contribution is 5.92. The smallest absolute Gasteiger partial charge is 0.463 e. The summed E-state index contributed by atoms with van der Waals surface area (Å²) in [6, 6.07) is 7.96. The van der Waals surface area contributed by atoms with E-state index in [0.29, 0.717) is 22.5 Å². The van der Waals surface area contributed by atoms with Crippen LogP contribution in [0, 0.1) is 22.9 Å². The second-order valence-electron chi connectivity index (χ2n) is 10.3. The van der Waals surface area contributed by atoms with Gasteiger partial charge in [0, 0.05) is 34.7 Å². The number of nitrogens with zero attached hydrogens (tertiary/aromatic N) is 3. The summed E-state index contributed by atoms with van der Waals surface area (Å²) >= 11 is 0. The zero-order chi connectivity index (χ0) is 29.7. The summed E-state index contributed by atoms with van der Waals surface area (Å²) in [7, 11) is 0. The van der Waals surface area contributed by atoms with Gasteiger partial charge in [-0.05, 0) is 68.0 Å². The Kier molecular flexibility index (Phi) is 6.68. The molecule has 0 saturated carbocycles. The van der Waals surface area contributed by atoms with Crippen LogP contribution in [0.1, 0.15) is 52.8 Å². The van der Waals surface area contributed by atoms with Gasteiger partial charge in [0.2, 0.25) is 0 Å². The SMILES string of the molecule is Cc1c(F)cc2nc3c(c4c2c1CCC4)Cn1c-3cc(C(C)OC(=O)Oc2ccc([N+](=O)[O-])cc2)c(COC=O)c1=O. The van der Waals surface area contributed by atoms with Crippen LogP contribution >= 0.6 is 0 Å². The van der Waals surface area contributed by atoms with E-state index in [0.717, 1.165) is 41.3 Å². The molecule has 3 heterocycles. The molecule has 4 aromatic rings. The molecule has 2 aromatic carbocycles. The van der Waals surface area contributed by atoms with Crippen molar-refractivity contribution in [3.8, 4) is 17.1 Å². The number of fused-ring (bicyclic) bond motifs is 4. The van der Waals surface area contributed by atoms with Crippen molar-refractivity contribution in [2.45, 2.75) is 52.4 Å². The van der Waals surface area contributed by atoms with Crippen molar-refractivity contribution < 1.29 is 33.1 Å². The number of carbonyl (C=O) groups excluding carboxylic acids is 2. The van der Waals surface area contributed by atoms with E-state index >= 15 is 0 Å². The maximum Gasteiger partial charge on any atom is 0.514 e. The molecule has 42 heavy (non-hydrogen) atoms. The molecule has 0 fully saturated rings. The number of nitro benzene ring substituents is 1. The van der Waals surface area contributed by atoms with Crippen LogP contribution < -0.4 is 10.3 Å². The van der Waals surface area contributed by atoms with E-state index in [1.54, 1.807) is 17.6 Å². The summed E-state index contributed by atoms with van der Waals surface area (Å²) in [5, 5.41) is 11.8. The first-order chi connectivity index (χ1) is 20.2. The number of aromatic nitrogens is 2. The first-order valence-corrected chi connectivity index (χ1v) is 13.3. The highest BCUT2D eigenvalue weighted by Crippen LogP contribution is 2.41. The normalized spacial score (nSPS) is 13.7. The lowest BCUT2D eigenvalue weighted by Gasteiger charge is -2.22. The highest BCUT2D eigenvalue weighted by Gasteiger charge is 2.32. The molecule has 0 N–H and O–H groups in total. The van der Waals surface area contributed by atoms with E-state index in [-0.39, 0.29) is 48.0 Å². The number of hydrogen-bond acceptors (Lipinski definition) is 9. The number of rotatable bonds is 7. The Morgan fingerprint density at radius 2 is 1.93 bits per heavy atom. The molecule has 1 atom stereocenters. The van der Waals surface area contributed by atoms with Gasteiger partial charge in [-0.1, -0.05) is 0 Å². The van der Waals surface area contributed by atoms with Gasteiger partial charge in [-0.2, -0.15) is 0 Å². The van der Waals surface area contributed by atoms with Gasteiger partial charge >= 0.3 is 6.16 Å². The molecule has 6 rings (SSSR count). The zero-order valence-corrected chi connectivity index (χ0v) is 22.6. The quantitative estimate of drug-likeness (QED) is 0.0843. The van der Waals surface area contributed by atoms with Crippen molar-refractivity contribution in [1.29, 1.82) is 0 Å². The maximum atomic E-state index is 14.8. The van der Waals surface area contributed by atoms with Gasteiger partial charge in [0.1, 0.15) is 24.3 Å².